The van der Waals surface area contributed by atoms with Crippen molar-refractivity contribution >= 4 is 5.91 Å². The molecule has 20 heavy (non-hydrogen) atoms. The van der Waals surface area contributed by atoms with E-state index < -0.39 is 0 Å². The van der Waals surface area contributed by atoms with Gasteiger partial charge in [-0.3, -0.25) is 4.79 Å². The van der Waals surface area contributed by atoms with Crippen LogP contribution in [0, 0.1) is 0 Å². The summed E-state index contributed by atoms with van der Waals surface area (Å²) in [7, 11) is 1.65. The lowest BCUT2D eigenvalue weighted by Crippen LogP contribution is -2.27. The van der Waals surface area contributed by atoms with E-state index in [0.29, 0.717) is 45.5 Å². The SMILES string of the molecule is COCCOCCOCCNCCCC(=O)NC1CC1. The van der Waals surface area contributed by atoms with E-state index in [2.05, 4.69) is 10.6 Å². The molecule has 0 aromatic rings. The fourth-order valence-corrected chi connectivity index (χ4v) is 1.64. The molecule has 6 heteroatoms. The van der Waals surface area contributed by atoms with Gasteiger partial charge >= 0.3 is 0 Å². The van der Waals surface area contributed by atoms with Crippen molar-refractivity contribution in [1.29, 1.82) is 0 Å². The Balaban J connectivity index is 1.68. The van der Waals surface area contributed by atoms with E-state index in [0.717, 1.165) is 32.4 Å². The number of ether oxygens (including phenoxy) is 3. The number of nitrogens with one attached hydrogen (secondary N) is 2. The van der Waals surface area contributed by atoms with Gasteiger partial charge in [-0.1, -0.05) is 0 Å². The molecule has 0 atom stereocenters. The Labute approximate surface area is 121 Å². The van der Waals surface area contributed by atoms with Crippen molar-refractivity contribution in [1.82, 2.24) is 10.6 Å². The van der Waals surface area contributed by atoms with Crippen molar-refractivity contribution in [2.24, 2.45) is 0 Å². The average Bonchev–Trinajstić information content (AvgIpc) is 3.24. The van der Waals surface area contributed by atoms with Crippen LogP contribution in [0.15, 0.2) is 0 Å². The van der Waals surface area contributed by atoms with E-state index in [1.807, 2.05) is 0 Å². The fraction of sp³-hybridized carbons (Fsp3) is 0.929. The molecule has 0 aromatic heterocycles. The average molecular weight is 288 g/mol. The number of hydrogen-bond acceptors (Lipinski definition) is 5. The quantitative estimate of drug-likeness (QED) is 0.450. The van der Waals surface area contributed by atoms with Crippen molar-refractivity contribution in [3.63, 3.8) is 0 Å². The summed E-state index contributed by atoms with van der Waals surface area (Å²) in [6.45, 7) is 4.77. The standard InChI is InChI=1S/C14H28N2O4/c1-18-9-10-20-12-11-19-8-7-15-6-2-3-14(17)16-13-4-5-13/h13,15H,2-12H2,1H3,(H,16,17). The van der Waals surface area contributed by atoms with Gasteiger partial charge in [0.05, 0.1) is 33.0 Å². The molecule has 0 heterocycles. The first-order valence-electron chi connectivity index (χ1n) is 7.47. The molecule has 1 aliphatic rings. The zero-order valence-corrected chi connectivity index (χ0v) is 12.5. The second kappa shape index (κ2) is 12.1. The van der Waals surface area contributed by atoms with Crippen LogP contribution in [0.2, 0.25) is 0 Å². The van der Waals surface area contributed by atoms with E-state index in [-0.39, 0.29) is 5.91 Å². The summed E-state index contributed by atoms with van der Waals surface area (Å²) in [6, 6.07) is 0.468. The Hall–Kier alpha value is -0.690. The molecule has 1 aliphatic carbocycles. The van der Waals surface area contributed by atoms with Gasteiger partial charge < -0.3 is 24.8 Å². The van der Waals surface area contributed by atoms with Crippen LogP contribution < -0.4 is 10.6 Å². The Morgan fingerprint density at radius 2 is 1.75 bits per heavy atom. The van der Waals surface area contributed by atoms with Crippen LogP contribution in [-0.2, 0) is 19.0 Å². The first-order valence-corrected chi connectivity index (χ1v) is 7.47. The Kier molecular flexibility index (Phi) is 10.5. The molecule has 0 aliphatic heterocycles. The van der Waals surface area contributed by atoms with Crippen LogP contribution in [0.25, 0.3) is 0 Å². The molecule has 0 spiro atoms. The maximum atomic E-state index is 11.4. The van der Waals surface area contributed by atoms with Crippen molar-refractivity contribution < 1.29 is 19.0 Å². The van der Waals surface area contributed by atoms with Crippen molar-refractivity contribution in [2.75, 3.05) is 53.2 Å². The maximum Gasteiger partial charge on any atom is 0.220 e. The summed E-state index contributed by atoms with van der Waals surface area (Å²) in [6.07, 6.45) is 3.78. The first kappa shape index (κ1) is 17.4. The maximum absolute atomic E-state index is 11.4. The van der Waals surface area contributed by atoms with E-state index in [4.69, 9.17) is 14.2 Å². The highest BCUT2D eigenvalue weighted by Crippen LogP contribution is 2.18. The van der Waals surface area contributed by atoms with Gasteiger partial charge in [0.2, 0.25) is 5.91 Å². The summed E-state index contributed by atoms with van der Waals surface area (Å²) in [5.41, 5.74) is 0. The highest BCUT2D eigenvalue weighted by Gasteiger charge is 2.22. The van der Waals surface area contributed by atoms with Gasteiger partial charge in [0.1, 0.15) is 0 Å². The minimum absolute atomic E-state index is 0.179. The highest BCUT2D eigenvalue weighted by atomic mass is 16.5. The number of methoxy groups -OCH3 is 1. The number of carbonyl (C=O) groups excluding carboxylic acids is 1. The van der Waals surface area contributed by atoms with Gasteiger partial charge in [0, 0.05) is 26.1 Å². The van der Waals surface area contributed by atoms with Gasteiger partial charge in [-0.15, -0.1) is 0 Å². The minimum atomic E-state index is 0.179. The number of hydrogen-bond donors (Lipinski definition) is 2. The van der Waals surface area contributed by atoms with Crippen LogP contribution in [-0.4, -0.2) is 65.2 Å². The molecule has 0 radical (unpaired) electrons. The Morgan fingerprint density at radius 3 is 2.45 bits per heavy atom. The van der Waals surface area contributed by atoms with E-state index in [1.165, 1.54) is 0 Å². The summed E-state index contributed by atoms with van der Waals surface area (Å²) < 4.78 is 15.5. The molecule has 118 valence electrons. The van der Waals surface area contributed by atoms with Crippen LogP contribution in [0.1, 0.15) is 25.7 Å². The third-order valence-electron chi connectivity index (χ3n) is 2.93. The molecule has 1 saturated carbocycles. The zero-order chi connectivity index (χ0) is 14.5. The molecule has 1 amide bonds. The second-order valence-electron chi connectivity index (χ2n) is 4.91. The van der Waals surface area contributed by atoms with Gasteiger partial charge in [-0.25, -0.2) is 0 Å². The first-order chi connectivity index (χ1) is 9.83. The summed E-state index contributed by atoms with van der Waals surface area (Å²) in [5, 5.41) is 6.23. The minimum Gasteiger partial charge on any atom is -0.382 e. The van der Waals surface area contributed by atoms with Crippen molar-refractivity contribution in [3.8, 4) is 0 Å². The van der Waals surface area contributed by atoms with Gasteiger partial charge in [0.25, 0.3) is 0 Å². The topological polar surface area (TPSA) is 68.8 Å². The van der Waals surface area contributed by atoms with Gasteiger partial charge in [0.15, 0.2) is 0 Å². The van der Waals surface area contributed by atoms with Crippen molar-refractivity contribution in [2.45, 2.75) is 31.7 Å². The highest BCUT2D eigenvalue weighted by molar-refractivity contribution is 5.76. The van der Waals surface area contributed by atoms with E-state index in [9.17, 15) is 4.79 Å². The van der Waals surface area contributed by atoms with E-state index >= 15 is 0 Å². The largest absolute Gasteiger partial charge is 0.382 e. The third kappa shape index (κ3) is 11.2. The molecule has 2 N–H and O–H groups in total. The monoisotopic (exact) mass is 288 g/mol. The smallest absolute Gasteiger partial charge is 0.220 e. The molecule has 0 unspecified atom stereocenters. The van der Waals surface area contributed by atoms with Crippen LogP contribution in [0.5, 0.6) is 0 Å². The zero-order valence-electron chi connectivity index (χ0n) is 12.5. The molecule has 0 bridgehead atoms. The van der Waals surface area contributed by atoms with Crippen LogP contribution in [0.3, 0.4) is 0 Å². The van der Waals surface area contributed by atoms with Gasteiger partial charge in [-0.2, -0.15) is 0 Å². The van der Waals surface area contributed by atoms with Crippen molar-refractivity contribution in [3.05, 3.63) is 0 Å². The normalized spacial score (nSPS) is 14.4. The predicted molar refractivity (Wildman–Crippen MR) is 76.8 cm³/mol. The molecular weight excluding hydrogens is 260 g/mol. The molecule has 1 rings (SSSR count). The summed E-state index contributed by atoms with van der Waals surface area (Å²) in [4.78, 5) is 11.4. The molecule has 1 fully saturated rings. The third-order valence-corrected chi connectivity index (χ3v) is 2.93. The lowest BCUT2D eigenvalue weighted by molar-refractivity contribution is -0.121. The molecule has 6 nitrogen and oxygen atoms in total. The molecular formula is C14H28N2O4. The summed E-state index contributed by atoms with van der Waals surface area (Å²) in [5.74, 6) is 0.179. The Bertz CT molecular complexity index is 247. The number of carbonyl (C=O) groups is 1. The molecule has 0 saturated heterocycles. The number of amides is 1. The molecule has 0 aromatic carbocycles. The van der Waals surface area contributed by atoms with Crippen LogP contribution >= 0.6 is 0 Å². The predicted octanol–water partition coefficient (Wildman–Crippen LogP) is 0.314. The lowest BCUT2D eigenvalue weighted by atomic mass is 10.3. The van der Waals surface area contributed by atoms with Gasteiger partial charge in [-0.05, 0) is 25.8 Å². The second-order valence-corrected chi connectivity index (χ2v) is 4.91. The summed E-state index contributed by atoms with van der Waals surface area (Å²) >= 11 is 0. The van der Waals surface area contributed by atoms with Crippen LogP contribution in [0.4, 0.5) is 0 Å². The fourth-order valence-electron chi connectivity index (χ4n) is 1.64. The number of rotatable bonds is 14. The Morgan fingerprint density at radius 1 is 1.05 bits per heavy atom. The lowest BCUT2D eigenvalue weighted by Gasteiger charge is -2.07. The van der Waals surface area contributed by atoms with E-state index in [1.54, 1.807) is 7.11 Å².